The molecule has 0 aliphatic heterocycles. The molecule has 1 atom stereocenters. The second-order valence-corrected chi connectivity index (χ2v) is 6.08. The van der Waals surface area contributed by atoms with Crippen LogP contribution in [-0.2, 0) is 0 Å². The van der Waals surface area contributed by atoms with Gasteiger partial charge in [-0.25, -0.2) is 0 Å². The Labute approximate surface area is 123 Å². The zero-order valence-corrected chi connectivity index (χ0v) is 13.3. The Morgan fingerprint density at radius 3 is 2.35 bits per heavy atom. The van der Waals surface area contributed by atoms with Crippen LogP contribution in [0.2, 0.25) is 0 Å². The Morgan fingerprint density at radius 2 is 1.90 bits per heavy atom. The van der Waals surface area contributed by atoms with Crippen molar-refractivity contribution in [2.45, 2.75) is 44.7 Å². The molecule has 112 valence electrons. The summed E-state index contributed by atoms with van der Waals surface area (Å²) in [5.41, 5.74) is 1.70. The van der Waals surface area contributed by atoms with Gasteiger partial charge >= 0.3 is 0 Å². The zero-order chi connectivity index (χ0) is 14.6. The SMILES string of the molecule is CCOc1ccc(C(C)NCC2(N(C)C)CCC2)cc1. The van der Waals surface area contributed by atoms with E-state index in [2.05, 4.69) is 55.5 Å². The molecule has 1 aliphatic carbocycles. The van der Waals surface area contributed by atoms with Crippen LogP contribution in [0.25, 0.3) is 0 Å². The molecule has 1 saturated carbocycles. The molecule has 0 radical (unpaired) electrons. The van der Waals surface area contributed by atoms with E-state index in [0.717, 1.165) is 18.9 Å². The zero-order valence-electron chi connectivity index (χ0n) is 13.3. The highest BCUT2D eigenvalue weighted by molar-refractivity contribution is 5.29. The topological polar surface area (TPSA) is 24.5 Å². The van der Waals surface area contributed by atoms with E-state index in [0.29, 0.717) is 11.6 Å². The number of ether oxygens (including phenoxy) is 1. The van der Waals surface area contributed by atoms with Gasteiger partial charge in [0.2, 0.25) is 0 Å². The number of likely N-dealkylation sites (N-methyl/N-ethyl adjacent to an activating group) is 1. The van der Waals surface area contributed by atoms with Gasteiger partial charge in [0.15, 0.2) is 0 Å². The molecule has 0 aromatic heterocycles. The number of nitrogens with zero attached hydrogens (tertiary/aromatic N) is 1. The molecule has 3 nitrogen and oxygen atoms in total. The molecule has 0 bridgehead atoms. The van der Waals surface area contributed by atoms with E-state index in [1.807, 2.05) is 6.92 Å². The second-order valence-electron chi connectivity index (χ2n) is 6.08. The average Bonchev–Trinajstić information content (AvgIpc) is 2.38. The first-order chi connectivity index (χ1) is 9.57. The maximum absolute atomic E-state index is 5.49. The lowest BCUT2D eigenvalue weighted by atomic mass is 9.75. The van der Waals surface area contributed by atoms with Crippen molar-refractivity contribution in [3.05, 3.63) is 29.8 Å². The monoisotopic (exact) mass is 276 g/mol. The van der Waals surface area contributed by atoms with Crippen LogP contribution in [0.5, 0.6) is 5.75 Å². The number of rotatable bonds is 7. The summed E-state index contributed by atoms with van der Waals surface area (Å²) >= 11 is 0. The van der Waals surface area contributed by atoms with Crippen LogP contribution < -0.4 is 10.1 Å². The number of hydrogen-bond acceptors (Lipinski definition) is 3. The van der Waals surface area contributed by atoms with Crippen LogP contribution in [0.1, 0.15) is 44.7 Å². The fraction of sp³-hybridized carbons (Fsp3) is 0.647. The fourth-order valence-electron chi connectivity index (χ4n) is 2.85. The third kappa shape index (κ3) is 3.33. The number of hydrogen-bond donors (Lipinski definition) is 1. The Bertz CT molecular complexity index is 410. The van der Waals surface area contributed by atoms with Gasteiger partial charge in [-0.2, -0.15) is 0 Å². The number of nitrogens with one attached hydrogen (secondary N) is 1. The average molecular weight is 276 g/mol. The third-order valence-electron chi connectivity index (χ3n) is 4.66. The van der Waals surface area contributed by atoms with E-state index in [-0.39, 0.29) is 0 Å². The smallest absolute Gasteiger partial charge is 0.119 e. The molecular formula is C17H28N2O. The van der Waals surface area contributed by atoms with Crippen molar-refractivity contribution >= 4 is 0 Å². The van der Waals surface area contributed by atoms with Crippen LogP contribution in [0.4, 0.5) is 0 Å². The summed E-state index contributed by atoms with van der Waals surface area (Å²) in [4.78, 5) is 2.38. The normalized spacial score (nSPS) is 18.6. The largest absolute Gasteiger partial charge is 0.494 e. The first-order valence-electron chi connectivity index (χ1n) is 7.71. The van der Waals surface area contributed by atoms with Crippen LogP contribution in [0.15, 0.2) is 24.3 Å². The van der Waals surface area contributed by atoms with E-state index < -0.39 is 0 Å². The molecule has 0 heterocycles. The Hall–Kier alpha value is -1.06. The third-order valence-corrected chi connectivity index (χ3v) is 4.66. The van der Waals surface area contributed by atoms with Crippen LogP contribution in [-0.4, -0.2) is 37.7 Å². The summed E-state index contributed by atoms with van der Waals surface area (Å²) in [5, 5.41) is 3.69. The first-order valence-corrected chi connectivity index (χ1v) is 7.71. The molecule has 1 unspecified atom stereocenters. The van der Waals surface area contributed by atoms with Gasteiger partial charge < -0.3 is 15.0 Å². The minimum Gasteiger partial charge on any atom is -0.494 e. The molecular weight excluding hydrogens is 248 g/mol. The molecule has 1 fully saturated rings. The molecule has 1 aliphatic rings. The van der Waals surface area contributed by atoms with E-state index in [1.165, 1.54) is 24.8 Å². The Balaban J connectivity index is 1.89. The molecule has 0 saturated heterocycles. The highest BCUT2D eigenvalue weighted by Crippen LogP contribution is 2.36. The minimum atomic E-state index is 0.375. The van der Waals surface area contributed by atoms with Crippen molar-refractivity contribution in [3.8, 4) is 5.75 Å². The number of benzene rings is 1. The lowest BCUT2D eigenvalue weighted by Gasteiger charge is -2.48. The van der Waals surface area contributed by atoms with Gasteiger partial charge in [0.1, 0.15) is 5.75 Å². The quantitative estimate of drug-likeness (QED) is 0.827. The molecule has 1 N–H and O–H groups in total. The molecule has 2 rings (SSSR count). The molecule has 0 amide bonds. The van der Waals surface area contributed by atoms with Crippen LogP contribution in [0.3, 0.4) is 0 Å². The van der Waals surface area contributed by atoms with Crippen molar-refractivity contribution in [1.82, 2.24) is 10.2 Å². The summed E-state index contributed by atoms with van der Waals surface area (Å²) in [6.07, 6.45) is 3.98. The van der Waals surface area contributed by atoms with E-state index in [9.17, 15) is 0 Å². The predicted molar refractivity (Wildman–Crippen MR) is 84.3 cm³/mol. The van der Waals surface area contributed by atoms with Crippen molar-refractivity contribution in [2.24, 2.45) is 0 Å². The van der Waals surface area contributed by atoms with Crippen molar-refractivity contribution in [2.75, 3.05) is 27.2 Å². The van der Waals surface area contributed by atoms with Gasteiger partial charge in [0.25, 0.3) is 0 Å². The van der Waals surface area contributed by atoms with Crippen molar-refractivity contribution in [1.29, 1.82) is 0 Å². The summed E-state index contributed by atoms with van der Waals surface area (Å²) in [5.74, 6) is 0.951. The summed E-state index contributed by atoms with van der Waals surface area (Å²) in [7, 11) is 4.39. The highest BCUT2D eigenvalue weighted by Gasteiger charge is 2.38. The van der Waals surface area contributed by atoms with Gasteiger partial charge in [0, 0.05) is 18.1 Å². The Kier molecular flexibility index (Phi) is 5.06. The standard InChI is InChI=1S/C17H28N2O/c1-5-20-16-9-7-15(8-10-16)14(2)18-13-17(19(3)4)11-6-12-17/h7-10,14,18H,5-6,11-13H2,1-4H3. The van der Waals surface area contributed by atoms with Gasteiger partial charge in [-0.3, -0.25) is 0 Å². The Morgan fingerprint density at radius 1 is 1.25 bits per heavy atom. The molecule has 1 aromatic rings. The van der Waals surface area contributed by atoms with Crippen LogP contribution >= 0.6 is 0 Å². The van der Waals surface area contributed by atoms with Crippen molar-refractivity contribution < 1.29 is 4.74 Å². The van der Waals surface area contributed by atoms with E-state index in [4.69, 9.17) is 4.74 Å². The summed E-state index contributed by atoms with van der Waals surface area (Å²) in [6, 6.07) is 8.81. The van der Waals surface area contributed by atoms with Gasteiger partial charge in [-0.05, 0) is 64.9 Å². The minimum absolute atomic E-state index is 0.375. The van der Waals surface area contributed by atoms with Gasteiger partial charge in [-0.1, -0.05) is 12.1 Å². The fourth-order valence-corrected chi connectivity index (χ4v) is 2.85. The lowest BCUT2D eigenvalue weighted by molar-refractivity contribution is 0.0576. The van der Waals surface area contributed by atoms with E-state index >= 15 is 0 Å². The lowest BCUT2D eigenvalue weighted by Crippen LogP contribution is -2.56. The van der Waals surface area contributed by atoms with E-state index in [1.54, 1.807) is 0 Å². The predicted octanol–water partition coefficient (Wildman–Crippen LogP) is 3.22. The highest BCUT2D eigenvalue weighted by atomic mass is 16.5. The second kappa shape index (κ2) is 6.59. The molecule has 0 spiro atoms. The van der Waals surface area contributed by atoms with Gasteiger partial charge in [-0.15, -0.1) is 0 Å². The molecule has 20 heavy (non-hydrogen) atoms. The molecule has 1 aromatic carbocycles. The van der Waals surface area contributed by atoms with Crippen molar-refractivity contribution in [3.63, 3.8) is 0 Å². The molecule has 3 heteroatoms. The maximum Gasteiger partial charge on any atom is 0.119 e. The van der Waals surface area contributed by atoms with Crippen LogP contribution in [0, 0.1) is 0 Å². The summed E-state index contributed by atoms with van der Waals surface area (Å²) in [6.45, 7) is 6.03. The maximum atomic E-state index is 5.49. The van der Waals surface area contributed by atoms with Gasteiger partial charge in [0.05, 0.1) is 6.61 Å². The first kappa shape index (κ1) is 15.3. The summed E-state index contributed by atoms with van der Waals surface area (Å²) < 4.78 is 5.49.